The fraction of sp³-hybridized carbons (Fsp3) is 0.333. The number of aromatic amines is 1. The Morgan fingerprint density at radius 1 is 1.60 bits per heavy atom. The minimum Gasteiger partial charge on any atom is -0.390 e. The van der Waals surface area contributed by atoms with Crippen LogP contribution in [0.3, 0.4) is 0 Å². The highest BCUT2D eigenvalue weighted by atomic mass is 31.0. The van der Waals surface area contributed by atoms with Crippen LogP contribution in [0, 0.1) is 0 Å². The van der Waals surface area contributed by atoms with Crippen LogP contribution in [0.4, 0.5) is 5.82 Å². The number of nitrogens with one attached hydrogen (secondary N) is 2. The molecule has 160 valence electrons. The molecule has 1 fully saturated rings. The van der Waals surface area contributed by atoms with E-state index in [0.717, 1.165) is 0 Å². The molecule has 2 aromatic rings. The minimum atomic E-state index is -0.824. The third kappa shape index (κ3) is 5.61. The Bertz CT molecular complexity index is 996. The summed E-state index contributed by atoms with van der Waals surface area (Å²) in [5.41, 5.74) is 6.41. The molecule has 4 unspecified atom stereocenters. The minimum absolute atomic E-state index is 0.0387. The molecule has 1 amide bonds. The van der Waals surface area contributed by atoms with Crippen molar-refractivity contribution in [2.45, 2.75) is 24.9 Å². The number of amides is 1. The topological polar surface area (TPSA) is 157 Å². The second kappa shape index (κ2) is 10.3. The van der Waals surface area contributed by atoms with Crippen molar-refractivity contribution in [2.24, 2.45) is 0 Å². The molecule has 0 saturated carbocycles. The van der Waals surface area contributed by atoms with Gasteiger partial charge in [0.2, 0.25) is 5.91 Å². The Kier molecular flexibility index (Phi) is 6.99. The average molecular weight is 436 g/mol. The summed E-state index contributed by atoms with van der Waals surface area (Å²) in [5, 5.41) is 12.8. The van der Waals surface area contributed by atoms with Gasteiger partial charge in [-0.05, 0) is 6.08 Å². The lowest BCUT2D eigenvalue weighted by atomic mass is 10.2. The van der Waals surface area contributed by atoms with E-state index in [1.54, 1.807) is 24.4 Å². The molecule has 0 bridgehead atoms. The van der Waals surface area contributed by atoms with Gasteiger partial charge < -0.3 is 30.4 Å². The number of nitrogens with zero attached hydrogens (tertiary/aromatic N) is 3. The van der Waals surface area contributed by atoms with E-state index in [9.17, 15) is 14.7 Å². The fourth-order valence-corrected chi connectivity index (χ4v) is 3.04. The average Bonchev–Trinajstić information content (AvgIpc) is 3.39. The van der Waals surface area contributed by atoms with Crippen molar-refractivity contribution in [1.29, 1.82) is 1.28 Å². The lowest BCUT2D eigenvalue weighted by Gasteiger charge is -2.16. The summed E-state index contributed by atoms with van der Waals surface area (Å²) in [6.45, 7) is 0.300. The van der Waals surface area contributed by atoms with Crippen LogP contribution in [0.15, 0.2) is 35.7 Å². The summed E-state index contributed by atoms with van der Waals surface area (Å²) in [6.07, 6.45) is 8.88. The van der Waals surface area contributed by atoms with Gasteiger partial charge in [-0.1, -0.05) is 12.2 Å². The van der Waals surface area contributed by atoms with Gasteiger partial charge in [0.05, 0.1) is 32.2 Å². The van der Waals surface area contributed by atoms with Crippen LogP contribution in [0.1, 0.15) is 23.9 Å². The Morgan fingerprint density at radius 3 is 3.23 bits per heavy atom. The van der Waals surface area contributed by atoms with Gasteiger partial charge in [-0.2, -0.15) is 4.98 Å². The molecule has 0 aliphatic carbocycles. The Hall–Kier alpha value is -2.85. The number of carbonyl (C=O) groups is 1. The predicted molar refractivity (Wildman–Crippen MR) is 113 cm³/mol. The second-order valence-corrected chi connectivity index (χ2v) is 6.79. The molecule has 3 rings (SSSR count). The molecule has 0 radical (unpaired) electrons. The van der Waals surface area contributed by atoms with Gasteiger partial charge in [0.25, 0.3) is 0 Å². The summed E-state index contributed by atoms with van der Waals surface area (Å²) in [5.74, 6) is -0.248. The zero-order chi connectivity index (χ0) is 22.2. The maximum Gasteiger partial charge on any atom is 0.351 e. The number of nitrogens with two attached hydrogens (primary N) is 1. The zero-order valence-electron chi connectivity index (χ0n) is 16.9. The van der Waals surface area contributed by atoms with E-state index in [4.69, 9.17) is 16.3 Å². The maximum absolute atomic E-state index is 12.2. The Balaban J connectivity index is 1.60. The standard InChI is InChI=1S/C18H23N6O5P/c19-17-11(2-1-5-21-15(26)4-3-12-7-20-10-22-12)8-24(18(27)23-17)16-6-13(25)14(29-16)9-28-30/h1-4,7-8,10,13-14,16,25H,5-6,9,30H2,(H,20,22)(H,21,26)(H2,19,23,27)/i30T. The van der Waals surface area contributed by atoms with E-state index < -0.39 is 33.5 Å². The van der Waals surface area contributed by atoms with Crippen molar-refractivity contribution in [3.8, 4) is 0 Å². The monoisotopic (exact) mass is 436 g/mol. The largest absolute Gasteiger partial charge is 0.390 e. The van der Waals surface area contributed by atoms with Crippen LogP contribution in [0.2, 0.25) is 0 Å². The molecule has 11 nitrogen and oxygen atoms in total. The van der Waals surface area contributed by atoms with Gasteiger partial charge in [-0.15, -0.1) is 0 Å². The molecule has 1 aliphatic heterocycles. The van der Waals surface area contributed by atoms with Crippen molar-refractivity contribution >= 4 is 33.3 Å². The molecule has 12 heteroatoms. The summed E-state index contributed by atoms with van der Waals surface area (Å²) in [6, 6.07) is 0. The Morgan fingerprint density at radius 2 is 2.47 bits per heavy atom. The number of imidazole rings is 1. The SMILES string of the molecule is [3H]POCC1OC(n2cc(C=CCNC(=O)C=Cc3cnc[nH]3)c(N)nc2=O)CC1O. The molecule has 1 aliphatic rings. The van der Waals surface area contributed by atoms with Gasteiger partial charge in [-0.3, -0.25) is 9.36 Å². The number of aromatic nitrogens is 4. The van der Waals surface area contributed by atoms with Crippen molar-refractivity contribution in [3.05, 3.63) is 52.6 Å². The zero-order valence-corrected chi connectivity index (χ0v) is 16.9. The number of anilines is 1. The van der Waals surface area contributed by atoms with E-state index in [1.807, 2.05) is 0 Å². The molecular formula is C18H23N6O5P. The highest BCUT2D eigenvalue weighted by molar-refractivity contribution is 7.09. The summed E-state index contributed by atoms with van der Waals surface area (Å²) in [4.78, 5) is 34.6. The van der Waals surface area contributed by atoms with Crippen molar-refractivity contribution in [1.82, 2.24) is 24.8 Å². The van der Waals surface area contributed by atoms with E-state index in [2.05, 4.69) is 20.3 Å². The van der Waals surface area contributed by atoms with Crippen molar-refractivity contribution in [3.63, 3.8) is 0 Å². The number of nitrogen functional groups attached to an aromatic ring is 1. The van der Waals surface area contributed by atoms with E-state index in [0.29, 0.717) is 11.3 Å². The third-order valence-electron chi connectivity index (χ3n) is 4.40. The molecule has 0 spiro atoms. The van der Waals surface area contributed by atoms with Crippen molar-refractivity contribution in [2.75, 3.05) is 18.9 Å². The fourth-order valence-electron chi connectivity index (χ4n) is 2.88. The van der Waals surface area contributed by atoms with E-state index in [-0.39, 0.29) is 31.3 Å². The number of rotatable bonds is 9. The Labute approximate surface area is 175 Å². The lowest BCUT2D eigenvalue weighted by molar-refractivity contribution is -0.116. The summed E-state index contributed by atoms with van der Waals surface area (Å²) >= 11 is 0. The normalized spacial score (nSPS) is 22.4. The number of hydrogen-bond acceptors (Lipinski definition) is 8. The first-order valence-corrected chi connectivity index (χ1v) is 9.50. The highest BCUT2D eigenvalue weighted by Crippen LogP contribution is 2.28. The van der Waals surface area contributed by atoms with Gasteiger partial charge in [0.15, 0.2) is 0 Å². The van der Waals surface area contributed by atoms with Gasteiger partial charge in [0, 0.05) is 40.2 Å². The molecular weight excluding hydrogens is 411 g/mol. The first-order chi connectivity index (χ1) is 15.0. The summed E-state index contributed by atoms with van der Waals surface area (Å²) < 4.78 is 19.0. The second-order valence-electron chi connectivity index (χ2n) is 6.50. The number of hydrogen-bond donors (Lipinski definition) is 4. The molecule has 30 heavy (non-hydrogen) atoms. The van der Waals surface area contributed by atoms with Crippen LogP contribution in [0.25, 0.3) is 12.2 Å². The summed E-state index contributed by atoms with van der Waals surface area (Å²) in [7, 11) is -0.468. The van der Waals surface area contributed by atoms with E-state index in [1.165, 1.54) is 23.2 Å². The van der Waals surface area contributed by atoms with Crippen LogP contribution in [-0.2, 0) is 14.1 Å². The first-order valence-electron chi connectivity index (χ1n) is 9.59. The van der Waals surface area contributed by atoms with Gasteiger partial charge in [-0.25, -0.2) is 9.78 Å². The number of aliphatic hydroxyl groups is 1. The van der Waals surface area contributed by atoms with E-state index >= 15 is 0 Å². The molecule has 5 N–H and O–H groups in total. The number of ether oxygens (including phenoxy) is 1. The van der Waals surface area contributed by atoms with Gasteiger partial charge >= 0.3 is 5.69 Å². The molecule has 2 aromatic heterocycles. The number of H-pyrrole nitrogens is 1. The quantitative estimate of drug-likeness (QED) is 0.312. The molecule has 1 saturated heterocycles. The molecule has 0 aromatic carbocycles. The highest BCUT2D eigenvalue weighted by Gasteiger charge is 2.35. The number of carbonyl (C=O) groups excluding carboxylic acids is 1. The van der Waals surface area contributed by atoms with Crippen molar-refractivity contribution < 1.29 is 19.2 Å². The number of aliphatic hydroxyl groups excluding tert-OH is 1. The maximum atomic E-state index is 12.2. The van der Waals surface area contributed by atoms with Crippen LogP contribution < -0.4 is 16.7 Å². The molecule has 3 heterocycles. The van der Waals surface area contributed by atoms with Crippen LogP contribution in [-0.4, -0.2) is 57.2 Å². The predicted octanol–water partition coefficient (Wildman–Crippen LogP) is -0.153. The van der Waals surface area contributed by atoms with Crippen LogP contribution >= 0.6 is 9.41 Å². The lowest BCUT2D eigenvalue weighted by Crippen LogP contribution is -2.29. The third-order valence-corrected chi connectivity index (χ3v) is 4.56. The smallest absolute Gasteiger partial charge is 0.351 e. The van der Waals surface area contributed by atoms with Gasteiger partial charge in [0.1, 0.15) is 18.1 Å². The first kappa shape index (κ1) is 20.4. The molecule has 4 atom stereocenters. The van der Waals surface area contributed by atoms with Crippen LogP contribution in [0.5, 0.6) is 0 Å².